The maximum Gasteiger partial charge on any atom is 0.407 e. The molecule has 0 saturated carbocycles. The minimum absolute atomic E-state index is 0. The van der Waals surface area contributed by atoms with Crippen molar-refractivity contribution >= 4 is 36.0 Å². The van der Waals surface area contributed by atoms with Gasteiger partial charge in [-0.05, 0) is 34.1 Å². The maximum atomic E-state index is 12.0. The number of carbonyl (C=O) groups excluding carboxylic acids is 1. The highest BCUT2D eigenvalue weighted by Crippen LogP contribution is 2.07. The van der Waals surface area contributed by atoms with Gasteiger partial charge in [-0.3, -0.25) is 9.89 Å². The quantitative estimate of drug-likeness (QED) is 0.249. The molecule has 1 unspecified atom stereocenters. The predicted octanol–water partition coefficient (Wildman–Crippen LogP) is 2.19. The summed E-state index contributed by atoms with van der Waals surface area (Å²) >= 11 is 0. The lowest BCUT2D eigenvalue weighted by Crippen LogP contribution is -2.45. The molecule has 1 saturated heterocycles. The molecular weight excluding hydrogens is 473 g/mol. The highest BCUT2D eigenvalue weighted by Gasteiger charge is 2.19. The Labute approximate surface area is 187 Å². The van der Waals surface area contributed by atoms with Crippen LogP contribution in [-0.2, 0) is 9.47 Å². The summed E-state index contributed by atoms with van der Waals surface area (Å²) in [6.45, 7) is 16.4. The number of nitrogens with one attached hydrogen (secondary N) is 3. The Morgan fingerprint density at radius 3 is 2.46 bits per heavy atom. The van der Waals surface area contributed by atoms with Crippen LogP contribution in [0.3, 0.4) is 0 Å². The van der Waals surface area contributed by atoms with Gasteiger partial charge in [0.15, 0.2) is 5.96 Å². The molecule has 1 atom stereocenters. The van der Waals surface area contributed by atoms with Gasteiger partial charge in [0.2, 0.25) is 0 Å². The Balaban J connectivity index is 0.00000729. The van der Waals surface area contributed by atoms with Crippen LogP contribution in [-0.4, -0.2) is 81.1 Å². The highest BCUT2D eigenvalue weighted by atomic mass is 127. The van der Waals surface area contributed by atoms with Crippen molar-refractivity contribution in [1.82, 2.24) is 20.9 Å². The number of rotatable bonds is 9. The van der Waals surface area contributed by atoms with Gasteiger partial charge in [-0.2, -0.15) is 0 Å². The molecule has 0 aromatic rings. The Morgan fingerprint density at radius 2 is 1.89 bits per heavy atom. The number of amides is 1. The van der Waals surface area contributed by atoms with E-state index in [0.717, 1.165) is 64.7 Å². The minimum Gasteiger partial charge on any atom is -0.444 e. The fourth-order valence-corrected chi connectivity index (χ4v) is 2.73. The lowest BCUT2D eigenvalue weighted by molar-refractivity contribution is 0.0389. The molecule has 9 heteroatoms. The van der Waals surface area contributed by atoms with Crippen molar-refractivity contribution < 1.29 is 14.3 Å². The van der Waals surface area contributed by atoms with E-state index in [-0.39, 0.29) is 36.1 Å². The smallest absolute Gasteiger partial charge is 0.407 e. The number of ether oxygens (including phenoxy) is 2. The Kier molecular flexibility index (Phi) is 14.6. The van der Waals surface area contributed by atoms with Crippen LogP contribution in [0, 0.1) is 0 Å². The number of morpholine rings is 1. The second kappa shape index (κ2) is 15.1. The SMILES string of the molecule is CCCC(CN=C(NCC)NCCN1CCOCC1)NC(=O)OC(C)(C)C.I. The van der Waals surface area contributed by atoms with Crippen molar-refractivity contribution in [2.75, 3.05) is 52.5 Å². The van der Waals surface area contributed by atoms with Gasteiger partial charge < -0.3 is 25.4 Å². The number of alkyl carbamates (subject to hydrolysis) is 1. The summed E-state index contributed by atoms with van der Waals surface area (Å²) in [5, 5.41) is 9.56. The fourth-order valence-electron chi connectivity index (χ4n) is 2.73. The predicted molar refractivity (Wildman–Crippen MR) is 125 cm³/mol. The van der Waals surface area contributed by atoms with Crippen LogP contribution >= 0.6 is 24.0 Å². The third kappa shape index (κ3) is 13.4. The van der Waals surface area contributed by atoms with Crippen LogP contribution in [0.5, 0.6) is 0 Å². The Bertz CT molecular complexity index is 451. The molecule has 1 amide bonds. The number of halogens is 1. The Hall–Kier alpha value is -0.810. The molecule has 1 heterocycles. The molecule has 166 valence electrons. The topological polar surface area (TPSA) is 87.2 Å². The van der Waals surface area contributed by atoms with Gasteiger partial charge in [0.25, 0.3) is 0 Å². The molecule has 0 aromatic carbocycles. The first-order valence-corrected chi connectivity index (χ1v) is 10.2. The molecule has 0 bridgehead atoms. The van der Waals surface area contributed by atoms with Gasteiger partial charge in [-0.15, -0.1) is 24.0 Å². The van der Waals surface area contributed by atoms with Crippen LogP contribution in [0.25, 0.3) is 0 Å². The summed E-state index contributed by atoms with van der Waals surface area (Å²) in [6.07, 6.45) is 1.44. The first kappa shape index (κ1) is 27.2. The third-order valence-electron chi connectivity index (χ3n) is 4.00. The van der Waals surface area contributed by atoms with E-state index in [4.69, 9.17) is 9.47 Å². The fraction of sp³-hybridized carbons (Fsp3) is 0.895. The summed E-state index contributed by atoms with van der Waals surface area (Å²) in [7, 11) is 0. The summed E-state index contributed by atoms with van der Waals surface area (Å²) in [5.41, 5.74) is -0.500. The van der Waals surface area contributed by atoms with E-state index < -0.39 is 5.60 Å². The first-order valence-electron chi connectivity index (χ1n) is 10.2. The second-order valence-electron chi connectivity index (χ2n) is 7.73. The molecule has 3 N–H and O–H groups in total. The van der Waals surface area contributed by atoms with Gasteiger partial charge >= 0.3 is 6.09 Å². The van der Waals surface area contributed by atoms with E-state index in [2.05, 4.69) is 32.8 Å². The number of hydrogen-bond acceptors (Lipinski definition) is 5. The number of aliphatic imine (C=N–C) groups is 1. The van der Waals surface area contributed by atoms with Crippen molar-refractivity contribution in [3.8, 4) is 0 Å². The van der Waals surface area contributed by atoms with Gasteiger partial charge in [-0.25, -0.2) is 4.79 Å². The highest BCUT2D eigenvalue weighted by molar-refractivity contribution is 14.0. The minimum atomic E-state index is -0.500. The van der Waals surface area contributed by atoms with E-state index >= 15 is 0 Å². The molecule has 0 radical (unpaired) electrons. The molecule has 1 aliphatic rings. The zero-order chi connectivity index (χ0) is 20.1. The normalized spacial score (nSPS) is 16.7. The van der Waals surface area contributed by atoms with Crippen LogP contribution in [0.15, 0.2) is 4.99 Å². The molecule has 28 heavy (non-hydrogen) atoms. The van der Waals surface area contributed by atoms with E-state index in [1.807, 2.05) is 27.7 Å². The molecule has 0 aliphatic carbocycles. The van der Waals surface area contributed by atoms with Gasteiger partial charge in [-0.1, -0.05) is 13.3 Å². The molecule has 1 rings (SSSR count). The van der Waals surface area contributed by atoms with Crippen molar-refractivity contribution in [1.29, 1.82) is 0 Å². The standard InChI is InChI=1S/C19H39N5O3.HI/c1-6-8-16(23-18(25)27-19(3,4)5)15-22-17(20-7-2)21-9-10-24-11-13-26-14-12-24;/h16H,6-15H2,1-5H3,(H,23,25)(H2,20,21,22);1H. The second-order valence-corrected chi connectivity index (χ2v) is 7.73. The van der Waals surface area contributed by atoms with Gasteiger partial charge in [0.05, 0.1) is 25.8 Å². The average molecular weight is 513 g/mol. The molecule has 1 aliphatic heterocycles. The molecule has 0 spiro atoms. The number of carbonyl (C=O) groups is 1. The third-order valence-corrected chi connectivity index (χ3v) is 4.00. The zero-order valence-corrected chi connectivity index (χ0v) is 20.5. The van der Waals surface area contributed by atoms with Crippen LogP contribution in [0.2, 0.25) is 0 Å². The number of hydrogen-bond donors (Lipinski definition) is 3. The van der Waals surface area contributed by atoms with Crippen LogP contribution in [0.1, 0.15) is 47.5 Å². The van der Waals surface area contributed by atoms with Crippen molar-refractivity contribution in [3.63, 3.8) is 0 Å². The summed E-state index contributed by atoms with van der Waals surface area (Å²) < 4.78 is 10.7. The van der Waals surface area contributed by atoms with Crippen molar-refractivity contribution in [2.24, 2.45) is 4.99 Å². The maximum absolute atomic E-state index is 12.0. The summed E-state index contributed by atoms with van der Waals surface area (Å²) in [5.74, 6) is 0.776. The van der Waals surface area contributed by atoms with E-state index in [1.165, 1.54) is 0 Å². The molecule has 1 fully saturated rings. The number of guanidine groups is 1. The van der Waals surface area contributed by atoms with E-state index in [9.17, 15) is 4.79 Å². The Morgan fingerprint density at radius 1 is 1.21 bits per heavy atom. The molecular formula is C19H40IN5O3. The van der Waals surface area contributed by atoms with Gasteiger partial charge in [0, 0.05) is 32.7 Å². The van der Waals surface area contributed by atoms with Crippen LogP contribution in [0.4, 0.5) is 4.79 Å². The molecule has 0 aromatic heterocycles. The van der Waals surface area contributed by atoms with Crippen molar-refractivity contribution in [2.45, 2.75) is 59.1 Å². The van der Waals surface area contributed by atoms with E-state index in [1.54, 1.807) is 0 Å². The molecule has 8 nitrogen and oxygen atoms in total. The zero-order valence-electron chi connectivity index (χ0n) is 18.2. The summed E-state index contributed by atoms with van der Waals surface area (Å²) in [6, 6.07) is -0.0421. The lowest BCUT2D eigenvalue weighted by atomic mass is 10.1. The largest absolute Gasteiger partial charge is 0.444 e. The van der Waals surface area contributed by atoms with Crippen molar-refractivity contribution in [3.05, 3.63) is 0 Å². The monoisotopic (exact) mass is 513 g/mol. The first-order chi connectivity index (χ1) is 12.8. The average Bonchev–Trinajstić information content (AvgIpc) is 2.59. The lowest BCUT2D eigenvalue weighted by Gasteiger charge is -2.27. The van der Waals surface area contributed by atoms with Gasteiger partial charge in [0.1, 0.15) is 5.60 Å². The summed E-state index contributed by atoms with van der Waals surface area (Å²) in [4.78, 5) is 19.1. The number of nitrogens with zero attached hydrogens (tertiary/aromatic N) is 2. The van der Waals surface area contributed by atoms with E-state index in [0.29, 0.717) is 6.54 Å². The van der Waals surface area contributed by atoms with Crippen LogP contribution < -0.4 is 16.0 Å².